The molecule has 1 atom stereocenters. The molecule has 2 amide bonds. The molecule has 0 unspecified atom stereocenters. The molecule has 6 nitrogen and oxygen atoms in total. The molecular formula is C14H24N4O2. The number of rotatable bonds is 6. The summed E-state index contributed by atoms with van der Waals surface area (Å²) in [7, 11) is 1.61. The SMILES string of the molecule is CNC(=O)CCC(C)(C)NC(=O)[C@@H](C)n1ccnc1C. The van der Waals surface area contributed by atoms with Crippen molar-refractivity contribution < 1.29 is 9.59 Å². The van der Waals surface area contributed by atoms with E-state index in [4.69, 9.17) is 0 Å². The van der Waals surface area contributed by atoms with Crippen LogP contribution >= 0.6 is 0 Å². The maximum Gasteiger partial charge on any atom is 0.243 e. The van der Waals surface area contributed by atoms with Gasteiger partial charge in [-0.25, -0.2) is 4.98 Å². The van der Waals surface area contributed by atoms with E-state index in [2.05, 4.69) is 15.6 Å². The number of amides is 2. The van der Waals surface area contributed by atoms with Gasteiger partial charge in [-0.1, -0.05) is 0 Å². The maximum absolute atomic E-state index is 12.3. The third-order valence-electron chi connectivity index (χ3n) is 3.38. The van der Waals surface area contributed by atoms with Crippen molar-refractivity contribution in [3.8, 4) is 0 Å². The molecule has 0 aliphatic heterocycles. The molecule has 1 rings (SSSR count). The summed E-state index contributed by atoms with van der Waals surface area (Å²) in [5, 5.41) is 5.56. The van der Waals surface area contributed by atoms with E-state index in [1.54, 1.807) is 19.4 Å². The third-order valence-corrected chi connectivity index (χ3v) is 3.38. The van der Waals surface area contributed by atoms with Gasteiger partial charge in [-0.2, -0.15) is 0 Å². The maximum atomic E-state index is 12.3. The van der Waals surface area contributed by atoms with Crippen LogP contribution < -0.4 is 10.6 Å². The molecule has 0 fully saturated rings. The summed E-state index contributed by atoms with van der Waals surface area (Å²) in [6.07, 6.45) is 4.45. The number of imidazole rings is 1. The summed E-state index contributed by atoms with van der Waals surface area (Å²) in [6.45, 7) is 7.53. The molecule has 0 bridgehead atoms. The van der Waals surface area contributed by atoms with E-state index in [0.29, 0.717) is 12.8 Å². The molecule has 20 heavy (non-hydrogen) atoms. The van der Waals surface area contributed by atoms with Crippen LogP contribution in [0.1, 0.15) is 45.5 Å². The van der Waals surface area contributed by atoms with Gasteiger partial charge in [0.05, 0.1) is 0 Å². The zero-order chi connectivity index (χ0) is 15.3. The molecule has 2 N–H and O–H groups in total. The molecule has 0 aliphatic rings. The third kappa shape index (κ3) is 4.36. The first-order valence-corrected chi connectivity index (χ1v) is 6.79. The van der Waals surface area contributed by atoms with Crippen LogP contribution in [0, 0.1) is 6.92 Å². The van der Waals surface area contributed by atoms with Crippen LogP contribution in [0.15, 0.2) is 12.4 Å². The van der Waals surface area contributed by atoms with Crippen LogP contribution in [0.2, 0.25) is 0 Å². The van der Waals surface area contributed by atoms with Crippen LogP contribution in [-0.4, -0.2) is 34.0 Å². The van der Waals surface area contributed by atoms with Gasteiger partial charge in [0.25, 0.3) is 0 Å². The van der Waals surface area contributed by atoms with E-state index in [0.717, 1.165) is 5.82 Å². The molecule has 0 radical (unpaired) electrons. The Bertz CT molecular complexity index is 479. The Hall–Kier alpha value is -1.85. The van der Waals surface area contributed by atoms with Crippen LogP contribution in [0.4, 0.5) is 0 Å². The molecule has 112 valence electrons. The van der Waals surface area contributed by atoms with Gasteiger partial charge in [-0.05, 0) is 34.1 Å². The lowest BCUT2D eigenvalue weighted by Gasteiger charge is -2.28. The number of hydrogen-bond donors (Lipinski definition) is 2. The van der Waals surface area contributed by atoms with Crippen molar-refractivity contribution in [3.05, 3.63) is 18.2 Å². The molecule has 1 aromatic heterocycles. The number of nitrogens with one attached hydrogen (secondary N) is 2. The van der Waals surface area contributed by atoms with Crippen LogP contribution in [-0.2, 0) is 9.59 Å². The number of nitrogens with zero attached hydrogens (tertiary/aromatic N) is 2. The molecule has 0 saturated carbocycles. The summed E-state index contributed by atoms with van der Waals surface area (Å²) in [5.74, 6) is 0.703. The summed E-state index contributed by atoms with van der Waals surface area (Å²) < 4.78 is 1.82. The summed E-state index contributed by atoms with van der Waals surface area (Å²) >= 11 is 0. The number of aromatic nitrogens is 2. The second-order valence-electron chi connectivity index (χ2n) is 5.60. The molecule has 0 spiro atoms. The van der Waals surface area contributed by atoms with Gasteiger partial charge in [0.15, 0.2) is 0 Å². The van der Waals surface area contributed by atoms with Crippen molar-refractivity contribution in [1.29, 1.82) is 0 Å². The molecule has 1 heterocycles. The lowest BCUT2D eigenvalue weighted by Crippen LogP contribution is -2.46. The number of carbonyl (C=O) groups excluding carboxylic acids is 2. The Morgan fingerprint density at radius 2 is 2.10 bits per heavy atom. The first-order valence-electron chi connectivity index (χ1n) is 6.79. The number of hydrogen-bond acceptors (Lipinski definition) is 3. The Morgan fingerprint density at radius 1 is 1.45 bits per heavy atom. The molecule has 0 aromatic carbocycles. The highest BCUT2D eigenvalue weighted by atomic mass is 16.2. The monoisotopic (exact) mass is 280 g/mol. The minimum Gasteiger partial charge on any atom is -0.359 e. The van der Waals surface area contributed by atoms with Gasteiger partial charge in [-0.15, -0.1) is 0 Å². The average molecular weight is 280 g/mol. The van der Waals surface area contributed by atoms with E-state index >= 15 is 0 Å². The van der Waals surface area contributed by atoms with Gasteiger partial charge >= 0.3 is 0 Å². The van der Waals surface area contributed by atoms with Gasteiger partial charge in [0.2, 0.25) is 11.8 Å². The van der Waals surface area contributed by atoms with E-state index in [9.17, 15) is 9.59 Å². The second kappa shape index (κ2) is 6.54. The minimum atomic E-state index is -0.424. The van der Waals surface area contributed by atoms with E-state index < -0.39 is 5.54 Å². The minimum absolute atomic E-state index is 0.0224. The van der Waals surface area contributed by atoms with Crippen molar-refractivity contribution in [2.45, 2.75) is 52.1 Å². The van der Waals surface area contributed by atoms with Gasteiger partial charge in [0.1, 0.15) is 11.9 Å². The quantitative estimate of drug-likeness (QED) is 0.821. The smallest absolute Gasteiger partial charge is 0.243 e. The fourth-order valence-corrected chi connectivity index (χ4v) is 1.97. The highest BCUT2D eigenvalue weighted by Crippen LogP contribution is 2.15. The lowest BCUT2D eigenvalue weighted by molar-refractivity contribution is -0.126. The number of aryl methyl sites for hydroxylation is 1. The molecular weight excluding hydrogens is 256 g/mol. The van der Waals surface area contributed by atoms with Gasteiger partial charge in [0, 0.05) is 31.4 Å². The highest BCUT2D eigenvalue weighted by molar-refractivity contribution is 5.81. The van der Waals surface area contributed by atoms with Crippen LogP contribution in [0.3, 0.4) is 0 Å². The zero-order valence-corrected chi connectivity index (χ0v) is 12.9. The Kier molecular flexibility index (Phi) is 5.30. The Morgan fingerprint density at radius 3 is 2.60 bits per heavy atom. The van der Waals surface area contributed by atoms with E-state index in [-0.39, 0.29) is 17.9 Å². The van der Waals surface area contributed by atoms with Crippen molar-refractivity contribution >= 4 is 11.8 Å². The van der Waals surface area contributed by atoms with Crippen LogP contribution in [0.25, 0.3) is 0 Å². The largest absolute Gasteiger partial charge is 0.359 e. The van der Waals surface area contributed by atoms with Crippen LogP contribution in [0.5, 0.6) is 0 Å². The molecule has 0 aliphatic carbocycles. The molecule has 1 aromatic rings. The van der Waals surface area contributed by atoms with Crippen molar-refractivity contribution in [2.24, 2.45) is 0 Å². The number of carbonyl (C=O) groups is 2. The topological polar surface area (TPSA) is 76.0 Å². The normalized spacial score (nSPS) is 12.8. The highest BCUT2D eigenvalue weighted by Gasteiger charge is 2.25. The predicted octanol–water partition coefficient (Wildman–Crippen LogP) is 1.17. The summed E-state index contributed by atoms with van der Waals surface area (Å²) in [4.78, 5) is 27.7. The van der Waals surface area contributed by atoms with Crippen molar-refractivity contribution in [1.82, 2.24) is 20.2 Å². The standard InChI is InChI=1S/C14H24N4O2/c1-10(18-9-8-16-11(18)2)13(20)17-14(3,4)7-6-12(19)15-5/h8-10H,6-7H2,1-5H3,(H,15,19)(H,17,20)/t10-/m1/s1. The first kappa shape index (κ1) is 16.2. The fourth-order valence-electron chi connectivity index (χ4n) is 1.97. The molecule has 6 heteroatoms. The van der Waals surface area contributed by atoms with Gasteiger partial charge < -0.3 is 15.2 Å². The summed E-state index contributed by atoms with van der Waals surface area (Å²) in [5.41, 5.74) is -0.424. The Labute approximate surface area is 120 Å². The van der Waals surface area contributed by atoms with E-state index in [1.807, 2.05) is 32.3 Å². The zero-order valence-electron chi connectivity index (χ0n) is 12.9. The summed E-state index contributed by atoms with van der Waals surface area (Å²) in [6, 6.07) is -0.322. The first-order chi connectivity index (χ1) is 9.26. The average Bonchev–Trinajstić information content (AvgIpc) is 2.80. The van der Waals surface area contributed by atoms with Crippen molar-refractivity contribution in [2.75, 3.05) is 7.05 Å². The second-order valence-corrected chi connectivity index (χ2v) is 5.60. The Balaban J connectivity index is 2.60. The van der Waals surface area contributed by atoms with Crippen molar-refractivity contribution in [3.63, 3.8) is 0 Å². The van der Waals surface area contributed by atoms with Gasteiger partial charge in [-0.3, -0.25) is 9.59 Å². The van der Waals surface area contributed by atoms with E-state index in [1.165, 1.54) is 0 Å². The predicted molar refractivity (Wildman–Crippen MR) is 77.2 cm³/mol. The lowest BCUT2D eigenvalue weighted by atomic mass is 9.97. The molecule has 0 saturated heterocycles. The fraction of sp³-hybridized carbons (Fsp3) is 0.643.